The maximum absolute atomic E-state index is 14.0. The van der Waals surface area contributed by atoms with E-state index in [1.807, 2.05) is 66.7 Å². The van der Waals surface area contributed by atoms with Crippen molar-refractivity contribution in [2.45, 2.75) is 12.8 Å². The third-order valence-corrected chi connectivity index (χ3v) is 5.96. The number of carbonyl (C=O) groups excluding carboxylic acids is 1. The fourth-order valence-corrected chi connectivity index (χ4v) is 4.13. The summed E-state index contributed by atoms with van der Waals surface area (Å²) in [5.74, 6) is 0.100. The van der Waals surface area contributed by atoms with Gasteiger partial charge in [0.2, 0.25) is 0 Å². The zero-order chi connectivity index (χ0) is 22.8. The summed E-state index contributed by atoms with van der Waals surface area (Å²) < 4.78 is 19.8. The topological polar surface area (TPSA) is 41.6 Å². The van der Waals surface area contributed by atoms with Crippen LogP contribution < -0.4 is 15.0 Å². The zero-order valence-corrected chi connectivity index (χ0v) is 18.3. The van der Waals surface area contributed by atoms with Gasteiger partial charge in [-0.2, -0.15) is 0 Å². The molecule has 1 atom stereocenters. The number of anilines is 2. The van der Waals surface area contributed by atoms with E-state index >= 15 is 0 Å². The highest BCUT2D eigenvalue weighted by atomic mass is 35.5. The molecule has 0 bridgehead atoms. The highest BCUT2D eigenvalue weighted by molar-refractivity contribution is 6.31. The summed E-state index contributed by atoms with van der Waals surface area (Å²) in [6.45, 7) is 0.0224. The number of nitrogens with zero attached hydrogens (tertiary/aromatic N) is 1. The van der Waals surface area contributed by atoms with Gasteiger partial charge < -0.3 is 10.1 Å². The lowest BCUT2D eigenvalue weighted by Crippen LogP contribution is -2.43. The van der Waals surface area contributed by atoms with Crippen LogP contribution in [-0.4, -0.2) is 5.91 Å². The van der Waals surface area contributed by atoms with Gasteiger partial charge in [-0.1, -0.05) is 60.1 Å². The highest BCUT2D eigenvalue weighted by Gasteiger charge is 2.33. The molecular weight excluding hydrogens is 439 g/mol. The summed E-state index contributed by atoms with van der Waals surface area (Å²) in [5.41, 5.74) is 3.41. The first-order valence-corrected chi connectivity index (χ1v) is 10.9. The number of para-hydroxylation sites is 2. The van der Waals surface area contributed by atoms with Gasteiger partial charge in [0, 0.05) is 16.9 Å². The number of benzene rings is 4. The number of halogens is 2. The molecule has 0 spiro atoms. The van der Waals surface area contributed by atoms with E-state index in [9.17, 15) is 9.18 Å². The summed E-state index contributed by atoms with van der Waals surface area (Å²) in [4.78, 5) is 15.2. The van der Waals surface area contributed by atoms with E-state index < -0.39 is 12.0 Å². The molecule has 0 radical (unpaired) electrons. The number of amides is 1. The quantitative estimate of drug-likeness (QED) is 0.356. The SMILES string of the molecule is O=C1c2ccccc2N[C@@H](c2ccc(OCc3c(F)cccc3Cl)cc2)N1c1ccccc1. The molecule has 5 rings (SSSR count). The van der Waals surface area contributed by atoms with Crippen LogP contribution in [0.1, 0.15) is 27.7 Å². The van der Waals surface area contributed by atoms with Crippen molar-refractivity contribution in [2.24, 2.45) is 0 Å². The minimum absolute atomic E-state index is 0.0224. The van der Waals surface area contributed by atoms with Crippen LogP contribution in [-0.2, 0) is 6.61 Å². The number of fused-ring (bicyclic) bond motifs is 1. The van der Waals surface area contributed by atoms with Crippen molar-refractivity contribution in [2.75, 3.05) is 10.2 Å². The lowest BCUT2D eigenvalue weighted by atomic mass is 10.0. The predicted molar refractivity (Wildman–Crippen MR) is 128 cm³/mol. The summed E-state index contributed by atoms with van der Waals surface area (Å²) in [6, 6.07) is 29.0. The van der Waals surface area contributed by atoms with Gasteiger partial charge >= 0.3 is 0 Å². The molecule has 1 aliphatic rings. The average molecular weight is 459 g/mol. The van der Waals surface area contributed by atoms with E-state index in [0.29, 0.717) is 21.9 Å². The van der Waals surface area contributed by atoms with Gasteiger partial charge in [0.15, 0.2) is 0 Å². The molecule has 0 aromatic heterocycles. The van der Waals surface area contributed by atoms with Gasteiger partial charge in [0.1, 0.15) is 24.3 Å². The molecule has 0 aliphatic carbocycles. The zero-order valence-electron chi connectivity index (χ0n) is 17.5. The average Bonchev–Trinajstić information content (AvgIpc) is 2.85. The Labute approximate surface area is 196 Å². The molecule has 1 amide bonds. The number of rotatable bonds is 5. The van der Waals surface area contributed by atoms with E-state index in [-0.39, 0.29) is 12.5 Å². The molecule has 1 aliphatic heterocycles. The molecule has 0 fully saturated rings. The third-order valence-electron chi connectivity index (χ3n) is 5.60. The first kappa shape index (κ1) is 21.0. The van der Waals surface area contributed by atoms with E-state index in [0.717, 1.165) is 16.9 Å². The molecule has 1 heterocycles. The van der Waals surface area contributed by atoms with Crippen LogP contribution in [0.15, 0.2) is 97.1 Å². The Balaban J connectivity index is 1.43. The second kappa shape index (κ2) is 8.96. The molecule has 4 nitrogen and oxygen atoms in total. The third kappa shape index (κ3) is 4.15. The van der Waals surface area contributed by atoms with Gasteiger partial charge in [0.25, 0.3) is 5.91 Å². The minimum Gasteiger partial charge on any atom is -0.489 e. The van der Waals surface area contributed by atoms with Gasteiger partial charge in [-0.15, -0.1) is 0 Å². The minimum atomic E-state index is -0.402. The highest BCUT2D eigenvalue weighted by Crippen LogP contribution is 2.37. The molecule has 0 saturated heterocycles. The number of hydrogen-bond donors (Lipinski definition) is 1. The van der Waals surface area contributed by atoms with Crippen LogP contribution >= 0.6 is 11.6 Å². The van der Waals surface area contributed by atoms with Crippen molar-refractivity contribution in [1.82, 2.24) is 0 Å². The van der Waals surface area contributed by atoms with Crippen molar-refractivity contribution >= 4 is 28.9 Å². The normalized spacial score (nSPS) is 15.0. The van der Waals surface area contributed by atoms with Crippen molar-refractivity contribution in [3.8, 4) is 5.75 Å². The van der Waals surface area contributed by atoms with Crippen LogP contribution in [0, 0.1) is 5.82 Å². The molecule has 4 aromatic rings. The second-order valence-electron chi connectivity index (χ2n) is 7.66. The fourth-order valence-electron chi connectivity index (χ4n) is 3.91. The smallest absolute Gasteiger partial charge is 0.262 e. The number of nitrogens with one attached hydrogen (secondary N) is 1. The van der Waals surface area contributed by atoms with Gasteiger partial charge in [-0.25, -0.2) is 4.39 Å². The summed E-state index contributed by atoms with van der Waals surface area (Å²) >= 11 is 6.09. The second-order valence-corrected chi connectivity index (χ2v) is 8.07. The Morgan fingerprint density at radius 1 is 0.879 bits per heavy atom. The van der Waals surface area contributed by atoms with Crippen LogP contribution in [0.5, 0.6) is 5.75 Å². The molecule has 164 valence electrons. The summed E-state index contributed by atoms with van der Waals surface area (Å²) in [7, 11) is 0. The molecule has 1 N–H and O–H groups in total. The van der Waals surface area contributed by atoms with Crippen molar-refractivity contribution in [1.29, 1.82) is 0 Å². The van der Waals surface area contributed by atoms with E-state index in [4.69, 9.17) is 16.3 Å². The summed E-state index contributed by atoms with van der Waals surface area (Å²) in [6.07, 6.45) is -0.398. The number of hydrogen-bond acceptors (Lipinski definition) is 3. The number of ether oxygens (including phenoxy) is 1. The van der Waals surface area contributed by atoms with Gasteiger partial charge in [-0.05, 0) is 54.1 Å². The van der Waals surface area contributed by atoms with Gasteiger partial charge in [0.05, 0.1) is 10.6 Å². The molecule has 6 heteroatoms. The van der Waals surface area contributed by atoms with E-state index in [1.54, 1.807) is 29.2 Å². The maximum atomic E-state index is 14.0. The van der Waals surface area contributed by atoms with Crippen molar-refractivity contribution in [3.63, 3.8) is 0 Å². The lowest BCUT2D eigenvalue weighted by Gasteiger charge is -2.38. The maximum Gasteiger partial charge on any atom is 0.262 e. The van der Waals surface area contributed by atoms with Gasteiger partial charge in [-0.3, -0.25) is 9.69 Å². The van der Waals surface area contributed by atoms with Crippen molar-refractivity contribution < 1.29 is 13.9 Å². The Morgan fingerprint density at radius 2 is 1.61 bits per heavy atom. The predicted octanol–water partition coefficient (Wildman–Crippen LogP) is 6.83. The first-order valence-electron chi connectivity index (χ1n) is 10.5. The monoisotopic (exact) mass is 458 g/mol. The Hall–Kier alpha value is -3.83. The molecular formula is C27H20ClFN2O2. The summed E-state index contributed by atoms with van der Waals surface area (Å²) in [5, 5.41) is 3.81. The Kier molecular flexibility index (Phi) is 5.71. The fraction of sp³-hybridized carbons (Fsp3) is 0.0741. The molecule has 4 aromatic carbocycles. The van der Waals surface area contributed by atoms with Crippen LogP contribution in [0.25, 0.3) is 0 Å². The largest absolute Gasteiger partial charge is 0.489 e. The first-order chi connectivity index (χ1) is 16.1. The van der Waals surface area contributed by atoms with Crippen LogP contribution in [0.3, 0.4) is 0 Å². The molecule has 0 unspecified atom stereocenters. The molecule has 33 heavy (non-hydrogen) atoms. The Morgan fingerprint density at radius 3 is 2.36 bits per heavy atom. The number of carbonyl (C=O) groups is 1. The van der Waals surface area contributed by atoms with E-state index in [2.05, 4.69) is 5.32 Å². The lowest BCUT2D eigenvalue weighted by molar-refractivity contribution is 0.0975. The Bertz CT molecular complexity index is 1280. The van der Waals surface area contributed by atoms with Crippen LogP contribution in [0.4, 0.5) is 15.8 Å². The van der Waals surface area contributed by atoms with E-state index in [1.165, 1.54) is 6.07 Å². The van der Waals surface area contributed by atoms with Crippen LogP contribution in [0.2, 0.25) is 5.02 Å². The standard InChI is InChI=1S/C27H20ClFN2O2/c28-23-10-6-11-24(29)22(23)17-33-20-15-13-18(14-16-20)26-30-25-12-5-4-9-21(25)27(32)31(26)19-7-2-1-3-8-19/h1-16,26,30H,17H2/t26-/m1/s1. The van der Waals surface area contributed by atoms with Crippen molar-refractivity contribution in [3.05, 3.63) is 125 Å². The molecule has 0 saturated carbocycles.